The molecule has 0 saturated carbocycles. The molecular weight excluding hydrogens is 230 g/mol. The molecule has 2 atom stereocenters. The zero-order valence-electron chi connectivity index (χ0n) is 11.3. The molecule has 2 heterocycles. The SMILES string of the molecule is Cc1cc(CN(C)C(=O)C2NCCCC2C)no1. The summed E-state index contributed by atoms with van der Waals surface area (Å²) in [5, 5.41) is 7.22. The molecule has 100 valence electrons. The van der Waals surface area contributed by atoms with Crippen molar-refractivity contribution in [3.05, 3.63) is 17.5 Å². The molecule has 1 aromatic rings. The van der Waals surface area contributed by atoms with Gasteiger partial charge in [-0.05, 0) is 32.2 Å². The number of aromatic nitrogens is 1. The lowest BCUT2D eigenvalue weighted by atomic mass is 9.92. The highest BCUT2D eigenvalue weighted by molar-refractivity contribution is 5.82. The van der Waals surface area contributed by atoms with E-state index in [2.05, 4.69) is 17.4 Å². The maximum atomic E-state index is 12.3. The molecule has 0 radical (unpaired) electrons. The lowest BCUT2D eigenvalue weighted by Gasteiger charge is -2.31. The highest BCUT2D eigenvalue weighted by Crippen LogP contribution is 2.17. The molecule has 0 aromatic carbocycles. The van der Waals surface area contributed by atoms with Crippen molar-refractivity contribution in [3.63, 3.8) is 0 Å². The van der Waals surface area contributed by atoms with E-state index >= 15 is 0 Å². The van der Waals surface area contributed by atoms with Gasteiger partial charge < -0.3 is 14.7 Å². The van der Waals surface area contributed by atoms with Gasteiger partial charge in [-0.25, -0.2) is 0 Å². The van der Waals surface area contributed by atoms with E-state index < -0.39 is 0 Å². The summed E-state index contributed by atoms with van der Waals surface area (Å²) in [5.41, 5.74) is 0.798. The number of aryl methyl sites for hydroxylation is 1. The largest absolute Gasteiger partial charge is 0.361 e. The van der Waals surface area contributed by atoms with Gasteiger partial charge >= 0.3 is 0 Å². The average molecular weight is 251 g/mol. The highest BCUT2D eigenvalue weighted by Gasteiger charge is 2.29. The number of piperidine rings is 1. The van der Waals surface area contributed by atoms with Crippen LogP contribution in [0.4, 0.5) is 0 Å². The zero-order chi connectivity index (χ0) is 13.1. The second-order valence-electron chi connectivity index (χ2n) is 5.17. The van der Waals surface area contributed by atoms with Crippen molar-refractivity contribution in [2.45, 2.75) is 39.3 Å². The third-order valence-corrected chi connectivity index (χ3v) is 3.49. The predicted molar refractivity (Wildman–Crippen MR) is 67.9 cm³/mol. The van der Waals surface area contributed by atoms with Crippen molar-refractivity contribution in [3.8, 4) is 0 Å². The fourth-order valence-corrected chi connectivity index (χ4v) is 2.43. The number of carbonyl (C=O) groups excluding carboxylic acids is 1. The predicted octanol–water partition coefficient (Wildman–Crippen LogP) is 1.33. The maximum absolute atomic E-state index is 12.3. The van der Waals surface area contributed by atoms with E-state index in [1.165, 1.54) is 0 Å². The van der Waals surface area contributed by atoms with Gasteiger partial charge in [0.25, 0.3) is 0 Å². The Labute approximate surface area is 108 Å². The minimum Gasteiger partial charge on any atom is -0.361 e. The highest BCUT2D eigenvalue weighted by atomic mass is 16.5. The van der Waals surface area contributed by atoms with Gasteiger partial charge in [-0.15, -0.1) is 0 Å². The molecule has 2 unspecified atom stereocenters. The second-order valence-corrected chi connectivity index (χ2v) is 5.17. The van der Waals surface area contributed by atoms with Crippen LogP contribution in [0.25, 0.3) is 0 Å². The van der Waals surface area contributed by atoms with E-state index in [0.29, 0.717) is 12.5 Å². The van der Waals surface area contributed by atoms with E-state index in [4.69, 9.17) is 4.52 Å². The van der Waals surface area contributed by atoms with Gasteiger partial charge in [-0.1, -0.05) is 12.1 Å². The number of amides is 1. The van der Waals surface area contributed by atoms with E-state index in [9.17, 15) is 4.79 Å². The summed E-state index contributed by atoms with van der Waals surface area (Å²) in [6.07, 6.45) is 2.26. The minimum atomic E-state index is -0.0586. The molecule has 5 heteroatoms. The quantitative estimate of drug-likeness (QED) is 0.880. The van der Waals surface area contributed by atoms with Crippen LogP contribution in [0.2, 0.25) is 0 Å². The first kappa shape index (κ1) is 13.1. The van der Waals surface area contributed by atoms with Crippen LogP contribution >= 0.6 is 0 Å². The monoisotopic (exact) mass is 251 g/mol. The molecule has 1 fully saturated rings. The van der Waals surface area contributed by atoms with Gasteiger partial charge in [0.1, 0.15) is 11.5 Å². The Morgan fingerprint density at radius 1 is 1.67 bits per heavy atom. The molecule has 0 aliphatic carbocycles. The number of hydrogen-bond acceptors (Lipinski definition) is 4. The van der Waals surface area contributed by atoms with Crippen LogP contribution in [0, 0.1) is 12.8 Å². The van der Waals surface area contributed by atoms with E-state index in [-0.39, 0.29) is 11.9 Å². The summed E-state index contributed by atoms with van der Waals surface area (Å²) in [6.45, 7) is 5.41. The fraction of sp³-hybridized carbons (Fsp3) is 0.692. The third-order valence-electron chi connectivity index (χ3n) is 3.49. The van der Waals surface area contributed by atoms with Crippen LogP contribution in [0.15, 0.2) is 10.6 Å². The van der Waals surface area contributed by atoms with Crippen molar-refractivity contribution in [2.24, 2.45) is 5.92 Å². The second kappa shape index (κ2) is 5.52. The molecule has 18 heavy (non-hydrogen) atoms. The number of rotatable bonds is 3. The molecule has 1 amide bonds. The Morgan fingerprint density at radius 3 is 3.06 bits per heavy atom. The topological polar surface area (TPSA) is 58.4 Å². The number of hydrogen-bond donors (Lipinski definition) is 1. The first-order chi connectivity index (χ1) is 8.58. The first-order valence-corrected chi connectivity index (χ1v) is 6.48. The van der Waals surface area contributed by atoms with Gasteiger partial charge in [0.15, 0.2) is 0 Å². The summed E-state index contributed by atoms with van der Waals surface area (Å²) in [5.74, 6) is 1.31. The lowest BCUT2D eigenvalue weighted by molar-refractivity contribution is -0.134. The molecule has 2 rings (SSSR count). The Bertz CT molecular complexity index is 416. The molecule has 1 aliphatic heterocycles. The number of nitrogens with zero attached hydrogens (tertiary/aromatic N) is 2. The first-order valence-electron chi connectivity index (χ1n) is 6.48. The number of likely N-dealkylation sites (N-methyl/N-ethyl adjacent to an activating group) is 1. The summed E-state index contributed by atoms with van der Waals surface area (Å²) < 4.78 is 5.01. The van der Waals surface area contributed by atoms with Crippen LogP contribution in [0.1, 0.15) is 31.2 Å². The standard InChI is InChI=1S/C13H21N3O2/c1-9-5-4-6-14-12(9)13(17)16(3)8-11-7-10(2)18-15-11/h7,9,12,14H,4-6,8H2,1-3H3. The van der Waals surface area contributed by atoms with Crippen LogP contribution in [-0.4, -0.2) is 35.6 Å². The van der Waals surface area contributed by atoms with Crippen LogP contribution in [-0.2, 0) is 11.3 Å². The maximum Gasteiger partial charge on any atom is 0.240 e. The van der Waals surface area contributed by atoms with Crippen molar-refractivity contribution < 1.29 is 9.32 Å². The molecular formula is C13H21N3O2. The minimum absolute atomic E-state index is 0.0586. The Balaban J connectivity index is 1.95. The molecule has 1 aliphatic rings. The normalized spacial score (nSPS) is 23.9. The molecule has 0 bridgehead atoms. The summed E-state index contributed by atoms with van der Waals surface area (Å²) in [6, 6.07) is 1.80. The van der Waals surface area contributed by atoms with Crippen LogP contribution in [0.5, 0.6) is 0 Å². The Morgan fingerprint density at radius 2 is 2.44 bits per heavy atom. The van der Waals surface area contributed by atoms with E-state index in [1.54, 1.807) is 4.90 Å². The van der Waals surface area contributed by atoms with Crippen LogP contribution in [0.3, 0.4) is 0 Å². The molecule has 0 spiro atoms. The molecule has 1 saturated heterocycles. The van der Waals surface area contributed by atoms with Gasteiger partial charge in [0.2, 0.25) is 5.91 Å². The number of nitrogens with one attached hydrogen (secondary N) is 1. The molecule has 1 N–H and O–H groups in total. The lowest BCUT2D eigenvalue weighted by Crippen LogP contribution is -2.51. The van der Waals surface area contributed by atoms with Crippen molar-refractivity contribution >= 4 is 5.91 Å². The van der Waals surface area contributed by atoms with Crippen molar-refractivity contribution in [2.75, 3.05) is 13.6 Å². The molecule has 1 aromatic heterocycles. The average Bonchev–Trinajstić information content (AvgIpc) is 2.74. The van der Waals surface area contributed by atoms with Crippen LogP contribution < -0.4 is 5.32 Å². The van der Waals surface area contributed by atoms with Gasteiger partial charge in [0.05, 0.1) is 12.6 Å². The number of carbonyl (C=O) groups is 1. The third kappa shape index (κ3) is 2.90. The van der Waals surface area contributed by atoms with Crippen molar-refractivity contribution in [1.82, 2.24) is 15.4 Å². The van der Waals surface area contributed by atoms with E-state index in [1.807, 2.05) is 20.0 Å². The summed E-state index contributed by atoms with van der Waals surface area (Å²) >= 11 is 0. The zero-order valence-corrected chi connectivity index (χ0v) is 11.3. The van der Waals surface area contributed by atoms with Gasteiger partial charge in [-0.3, -0.25) is 4.79 Å². The smallest absolute Gasteiger partial charge is 0.240 e. The molecule has 5 nitrogen and oxygen atoms in total. The summed E-state index contributed by atoms with van der Waals surface area (Å²) in [7, 11) is 1.81. The van der Waals surface area contributed by atoms with E-state index in [0.717, 1.165) is 30.8 Å². The Kier molecular flexibility index (Phi) is 4.01. The Hall–Kier alpha value is -1.36. The van der Waals surface area contributed by atoms with Crippen molar-refractivity contribution in [1.29, 1.82) is 0 Å². The van der Waals surface area contributed by atoms with Gasteiger partial charge in [-0.2, -0.15) is 0 Å². The summed E-state index contributed by atoms with van der Waals surface area (Å²) in [4.78, 5) is 14.0. The fourth-order valence-electron chi connectivity index (χ4n) is 2.43. The van der Waals surface area contributed by atoms with Gasteiger partial charge in [0, 0.05) is 13.1 Å².